The zero-order chi connectivity index (χ0) is 18.7. The highest BCUT2D eigenvalue weighted by molar-refractivity contribution is 7.92. The van der Waals surface area contributed by atoms with Crippen molar-refractivity contribution in [3.8, 4) is 17.2 Å². The number of hydrogen-bond acceptors (Lipinski definition) is 5. The van der Waals surface area contributed by atoms with Crippen LogP contribution in [0.3, 0.4) is 0 Å². The van der Waals surface area contributed by atoms with Crippen LogP contribution in [-0.2, 0) is 10.0 Å². The lowest BCUT2D eigenvalue weighted by Crippen LogP contribution is -2.14. The summed E-state index contributed by atoms with van der Waals surface area (Å²) in [7, 11) is -0.989. The first-order chi connectivity index (χ1) is 12.4. The molecule has 0 fully saturated rings. The van der Waals surface area contributed by atoms with E-state index in [2.05, 4.69) is 9.82 Å². The summed E-state index contributed by atoms with van der Waals surface area (Å²) in [4.78, 5) is -0.0118. The normalized spacial score (nSPS) is 11.2. The molecule has 3 rings (SSSR count). The molecule has 0 aliphatic rings. The first-order valence-electron chi connectivity index (χ1n) is 7.48. The lowest BCUT2D eigenvalue weighted by molar-refractivity contribution is 0.392. The van der Waals surface area contributed by atoms with Gasteiger partial charge in [0.05, 0.1) is 31.1 Å². The van der Waals surface area contributed by atoms with Crippen molar-refractivity contribution in [2.45, 2.75) is 4.90 Å². The van der Waals surface area contributed by atoms with Gasteiger partial charge in [0.15, 0.2) is 0 Å². The topological polar surface area (TPSA) is 82.5 Å². The van der Waals surface area contributed by atoms with Crippen LogP contribution in [0, 0.1) is 0 Å². The summed E-state index contributed by atoms with van der Waals surface area (Å²) in [5.74, 6) is 0.637. The molecule has 0 aliphatic carbocycles. The van der Waals surface area contributed by atoms with E-state index in [4.69, 9.17) is 21.1 Å². The molecule has 0 aliphatic heterocycles. The summed E-state index contributed by atoms with van der Waals surface area (Å²) in [6.07, 6.45) is 3.18. The summed E-state index contributed by atoms with van der Waals surface area (Å²) in [5.41, 5.74) is 1.15. The molecule has 2 aromatic carbocycles. The minimum absolute atomic E-state index is 0.0118. The average molecular weight is 394 g/mol. The molecular formula is C17H16ClN3O4S. The van der Waals surface area contributed by atoms with Gasteiger partial charge in [-0.1, -0.05) is 11.6 Å². The van der Waals surface area contributed by atoms with Crippen molar-refractivity contribution in [1.82, 2.24) is 9.78 Å². The maximum absolute atomic E-state index is 12.7. The number of rotatable bonds is 6. The minimum atomic E-state index is -3.86. The van der Waals surface area contributed by atoms with Gasteiger partial charge >= 0.3 is 0 Å². The Kier molecular flexibility index (Phi) is 5.06. The molecule has 136 valence electrons. The summed E-state index contributed by atoms with van der Waals surface area (Å²) in [5, 5.41) is 4.61. The van der Waals surface area contributed by atoms with Gasteiger partial charge in [-0.25, -0.2) is 13.1 Å². The zero-order valence-corrected chi connectivity index (χ0v) is 15.6. The van der Waals surface area contributed by atoms with Crippen LogP contribution >= 0.6 is 11.6 Å². The third-order valence-corrected chi connectivity index (χ3v) is 5.19. The van der Waals surface area contributed by atoms with Crippen LogP contribution in [0.1, 0.15) is 0 Å². The van der Waals surface area contributed by atoms with E-state index in [1.807, 2.05) is 0 Å². The average Bonchev–Trinajstić information content (AvgIpc) is 3.08. The smallest absolute Gasteiger partial charge is 0.265 e. The molecule has 0 atom stereocenters. The van der Waals surface area contributed by atoms with Crippen molar-refractivity contribution >= 4 is 27.3 Å². The van der Waals surface area contributed by atoms with Gasteiger partial charge in [-0.2, -0.15) is 5.10 Å². The maximum Gasteiger partial charge on any atom is 0.265 e. The number of ether oxygens (including phenoxy) is 2. The highest BCUT2D eigenvalue weighted by atomic mass is 35.5. The third-order valence-electron chi connectivity index (χ3n) is 3.60. The van der Waals surface area contributed by atoms with Crippen molar-refractivity contribution in [2.75, 3.05) is 18.9 Å². The maximum atomic E-state index is 12.7. The molecule has 0 unspecified atom stereocenters. The van der Waals surface area contributed by atoms with E-state index in [0.29, 0.717) is 16.5 Å². The number of anilines is 1. The standard InChI is InChI=1S/C17H16ClN3O4S/c1-24-15-7-8-16(25-2)17(9-15)26(22,23)20-13-3-5-14(6-4-13)21-11-12(18)10-19-21/h3-11,20H,1-2H3. The molecule has 0 spiro atoms. The second kappa shape index (κ2) is 7.27. The fourth-order valence-corrected chi connectivity index (χ4v) is 3.71. The number of sulfonamides is 1. The molecule has 0 saturated heterocycles. The van der Waals surface area contributed by atoms with Crippen LogP contribution in [-0.4, -0.2) is 32.4 Å². The fourth-order valence-electron chi connectivity index (χ4n) is 2.33. The van der Waals surface area contributed by atoms with Gasteiger partial charge in [0, 0.05) is 18.0 Å². The van der Waals surface area contributed by atoms with Gasteiger partial charge < -0.3 is 9.47 Å². The van der Waals surface area contributed by atoms with Crippen molar-refractivity contribution in [2.24, 2.45) is 0 Å². The molecule has 7 nitrogen and oxygen atoms in total. The van der Waals surface area contributed by atoms with Crippen LogP contribution in [0.4, 0.5) is 5.69 Å². The zero-order valence-electron chi connectivity index (χ0n) is 14.0. The van der Waals surface area contributed by atoms with Gasteiger partial charge in [0.2, 0.25) is 0 Å². The van der Waals surface area contributed by atoms with Gasteiger partial charge in [-0.15, -0.1) is 0 Å². The molecule has 0 saturated carbocycles. The molecule has 1 N–H and O–H groups in total. The first kappa shape index (κ1) is 18.1. The van der Waals surface area contributed by atoms with Gasteiger partial charge in [0.1, 0.15) is 16.4 Å². The van der Waals surface area contributed by atoms with Crippen molar-refractivity contribution in [3.05, 3.63) is 59.9 Å². The van der Waals surface area contributed by atoms with Crippen molar-refractivity contribution in [3.63, 3.8) is 0 Å². The number of halogens is 1. The molecule has 3 aromatic rings. The molecule has 1 heterocycles. The van der Waals surface area contributed by atoms with Gasteiger partial charge in [-0.05, 0) is 36.4 Å². The van der Waals surface area contributed by atoms with Crippen molar-refractivity contribution in [1.29, 1.82) is 0 Å². The van der Waals surface area contributed by atoms with E-state index >= 15 is 0 Å². The molecule has 0 radical (unpaired) electrons. The largest absolute Gasteiger partial charge is 0.497 e. The summed E-state index contributed by atoms with van der Waals surface area (Å²) in [6, 6.07) is 11.3. The van der Waals surface area contributed by atoms with Crippen LogP contribution in [0.5, 0.6) is 11.5 Å². The number of methoxy groups -OCH3 is 2. The molecule has 0 bridgehead atoms. The molecule has 0 amide bonds. The van der Waals surface area contributed by atoms with E-state index in [1.165, 1.54) is 32.5 Å². The Bertz CT molecular complexity index is 1020. The predicted octanol–water partition coefficient (Wildman–Crippen LogP) is 3.34. The number of aromatic nitrogens is 2. The van der Waals surface area contributed by atoms with Gasteiger partial charge in [-0.3, -0.25) is 4.72 Å². The van der Waals surface area contributed by atoms with E-state index in [-0.39, 0.29) is 10.6 Å². The summed E-state index contributed by atoms with van der Waals surface area (Å²) in [6.45, 7) is 0. The SMILES string of the molecule is COc1ccc(OC)c(S(=O)(=O)Nc2ccc(-n3cc(Cl)cn3)cc2)c1. The lowest BCUT2D eigenvalue weighted by Gasteiger charge is -2.13. The Morgan fingerprint density at radius 2 is 1.81 bits per heavy atom. The van der Waals surface area contributed by atoms with Crippen LogP contribution in [0.2, 0.25) is 5.02 Å². The number of benzene rings is 2. The molecular weight excluding hydrogens is 378 g/mol. The summed E-state index contributed by atoms with van der Waals surface area (Å²) >= 11 is 5.85. The Balaban J connectivity index is 1.88. The van der Waals surface area contributed by atoms with E-state index in [1.54, 1.807) is 41.2 Å². The van der Waals surface area contributed by atoms with Crippen LogP contribution in [0.15, 0.2) is 59.8 Å². The Morgan fingerprint density at radius 1 is 1.08 bits per heavy atom. The quantitative estimate of drug-likeness (QED) is 0.694. The van der Waals surface area contributed by atoms with Crippen LogP contribution in [0.25, 0.3) is 5.69 Å². The minimum Gasteiger partial charge on any atom is -0.497 e. The Hall–Kier alpha value is -2.71. The highest BCUT2D eigenvalue weighted by Crippen LogP contribution is 2.29. The lowest BCUT2D eigenvalue weighted by atomic mass is 10.3. The second-order valence-corrected chi connectivity index (χ2v) is 7.36. The third kappa shape index (κ3) is 3.76. The predicted molar refractivity (Wildman–Crippen MR) is 98.9 cm³/mol. The number of nitrogens with one attached hydrogen (secondary N) is 1. The Morgan fingerprint density at radius 3 is 2.38 bits per heavy atom. The number of nitrogens with zero attached hydrogens (tertiary/aromatic N) is 2. The molecule has 9 heteroatoms. The second-order valence-electron chi connectivity index (χ2n) is 5.27. The van der Waals surface area contributed by atoms with E-state index in [0.717, 1.165) is 5.69 Å². The van der Waals surface area contributed by atoms with Crippen molar-refractivity contribution < 1.29 is 17.9 Å². The Labute approximate surface area is 156 Å². The van der Waals surface area contributed by atoms with E-state index in [9.17, 15) is 8.42 Å². The first-order valence-corrected chi connectivity index (χ1v) is 9.34. The fraction of sp³-hybridized carbons (Fsp3) is 0.118. The monoisotopic (exact) mass is 393 g/mol. The van der Waals surface area contributed by atoms with E-state index < -0.39 is 10.0 Å². The number of hydrogen-bond donors (Lipinski definition) is 1. The summed E-state index contributed by atoms with van der Waals surface area (Å²) < 4.78 is 39.8. The molecule has 1 aromatic heterocycles. The van der Waals surface area contributed by atoms with Crippen LogP contribution < -0.4 is 14.2 Å². The molecule has 26 heavy (non-hydrogen) atoms. The highest BCUT2D eigenvalue weighted by Gasteiger charge is 2.20. The van der Waals surface area contributed by atoms with Gasteiger partial charge in [0.25, 0.3) is 10.0 Å².